The van der Waals surface area contributed by atoms with E-state index in [1.807, 2.05) is 30.3 Å². The summed E-state index contributed by atoms with van der Waals surface area (Å²) < 4.78 is 4.79. The van der Waals surface area contributed by atoms with Crippen LogP contribution in [0.4, 0.5) is 21.9 Å². The number of carbonyl (C=O) groups is 3. The van der Waals surface area contributed by atoms with E-state index >= 15 is 0 Å². The first-order chi connectivity index (χ1) is 16.4. The normalized spacial score (nSPS) is 14.7. The number of anilines is 2. The Balaban J connectivity index is 1.76. The van der Waals surface area contributed by atoms with E-state index in [1.165, 1.54) is 12.0 Å². The summed E-state index contributed by atoms with van der Waals surface area (Å²) in [6, 6.07) is 21.4. The lowest BCUT2D eigenvalue weighted by molar-refractivity contribution is -0.115. The molecule has 3 aromatic carbocycles. The minimum atomic E-state index is -0.655. The fourth-order valence-corrected chi connectivity index (χ4v) is 3.86. The highest BCUT2D eigenvalue weighted by atomic mass is 16.5. The van der Waals surface area contributed by atoms with Crippen LogP contribution < -0.4 is 15.5 Å². The number of amides is 3. The van der Waals surface area contributed by atoms with Crippen LogP contribution in [0.3, 0.4) is 0 Å². The second-order valence-corrected chi connectivity index (χ2v) is 7.71. The van der Waals surface area contributed by atoms with Crippen LogP contribution in [0, 0.1) is 0 Å². The van der Waals surface area contributed by atoms with E-state index in [-0.39, 0.29) is 11.9 Å². The summed E-state index contributed by atoms with van der Waals surface area (Å²) in [7, 11) is 4.56. The van der Waals surface area contributed by atoms with Crippen molar-refractivity contribution in [1.82, 2.24) is 5.32 Å². The predicted octanol–water partition coefficient (Wildman–Crippen LogP) is 4.11. The molecule has 34 heavy (non-hydrogen) atoms. The average molecular weight is 457 g/mol. The van der Waals surface area contributed by atoms with E-state index < -0.39 is 11.9 Å². The van der Waals surface area contributed by atoms with Crippen LogP contribution in [0.2, 0.25) is 0 Å². The molecule has 0 saturated heterocycles. The highest BCUT2D eigenvalue weighted by Gasteiger charge is 2.36. The average Bonchev–Trinajstić information content (AvgIpc) is 3.21. The first-order valence-electron chi connectivity index (χ1n) is 10.7. The summed E-state index contributed by atoms with van der Waals surface area (Å²) in [4.78, 5) is 43.2. The molecule has 3 amide bonds. The number of rotatable bonds is 5. The van der Waals surface area contributed by atoms with Crippen LogP contribution in [0.25, 0.3) is 0 Å². The van der Waals surface area contributed by atoms with Crippen LogP contribution in [0.5, 0.6) is 0 Å². The van der Waals surface area contributed by atoms with Gasteiger partial charge in [-0.15, -0.1) is 0 Å². The first kappa shape index (κ1) is 22.7. The topological polar surface area (TPSA) is 100 Å². The van der Waals surface area contributed by atoms with Crippen molar-refractivity contribution in [2.75, 3.05) is 31.4 Å². The van der Waals surface area contributed by atoms with Crippen molar-refractivity contribution >= 4 is 40.7 Å². The van der Waals surface area contributed by atoms with Crippen molar-refractivity contribution in [2.24, 2.45) is 4.99 Å². The SMILES string of the molecule is CNC(=O)N(C)c1ccc(N=C(c2ccccc2)C2C(=O)Nc3cc(C(=O)OC)ccc32)cc1. The van der Waals surface area contributed by atoms with Gasteiger partial charge in [0, 0.05) is 25.5 Å². The summed E-state index contributed by atoms with van der Waals surface area (Å²) in [5.41, 5.74) is 4.38. The molecule has 1 unspecified atom stereocenters. The number of methoxy groups -OCH3 is 1. The monoisotopic (exact) mass is 456 g/mol. The number of fused-ring (bicyclic) bond motifs is 1. The second-order valence-electron chi connectivity index (χ2n) is 7.71. The van der Waals surface area contributed by atoms with Gasteiger partial charge in [0.2, 0.25) is 5.91 Å². The third-order valence-electron chi connectivity index (χ3n) is 5.65. The van der Waals surface area contributed by atoms with Gasteiger partial charge in [-0.3, -0.25) is 14.7 Å². The van der Waals surface area contributed by atoms with Gasteiger partial charge in [0.15, 0.2) is 0 Å². The molecule has 2 N–H and O–H groups in total. The fraction of sp³-hybridized carbons (Fsp3) is 0.154. The van der Waals surface area contributed by atoms with Crippen molar-refractivity contribution in [3.05, 3.63) is 89.5 Å². The summed E-state index contributed by atoms with van der Waals surface area (Å²) in [5, 5.41) is 5.45. The Kier molecular flexibility index (Phi) is 6.40. The number of ether oxygens (including phenoxy) is 1. The lowest BCUT2D eigenvalue weighted by Gasteiger charge is -2.17. The first-order valence-corrected chi connectivity index (χ1v) is 10.7. The molecule has 0 aromatic heterocycles. The molecule has 3 aromatic rings. The molecule has 1 aliphatic rings. The predicted molar refractivity (Wildman–Crippen MR) is 131 cm³/mol. The maximum Gasteiger partial charge on any atom is 0.337 e. The number of hydrogen-bond donors (Lipinski definition) is 2. The zero-order chi connectivity index (χ0) is 24.2. The van der Waals surface area contributed by atoms with Crippen LogP contribution in [0.1, 0.15) is 27.4 Å². The molecule has 0 radical (unpaired) electrons. The van der Waals surface area contributed by atoms with Crippen molar-refractivity contribution in [1.29, 1.82) is 0 Å². The van der Waals surface area contributed by atoms with Gasteiger partial charge in [0.25, 0.3) is 0 Å². The maximum atomic E-state index is 13.1. The van der Waals surface area contributed by atoms with Crippen molar-refractivity contribution in [3.8, 4) is 0 Å². The van der Waals surface area contributed by atoms with E-state index in [2.05, 4.69) is 10.6 Å². The van der Waals surface area contributed by atoms with Gasteiger partial charge < -0.3 is 15.4 Å². The standard InChI is InChI=1S/C26H24N4O4/c1-27-26(33)30(2)19-12-10-18(11-13-19)28-23(16-7-5-4-6-8-16)22-20-14-9-17(25(32)34-3)15-21(20)29-24(22)31/h4-15,22H,1-3H3,(H,27,33)(H,29,31). The molecule has 0 spiro atoms. The molecule has 1 heterocycles. The summed E-state index contributed by atoms with van der Waals surface area (Å²) in [5.74, 6) is -1.35. The van der Waals surface area contributed by atoms with Gasteiger partial charge in [0.05, 0.1) is 24.1 Å². The lowest BCUT2D eigenvalue weighted by Crippen LogP contribution is -2.34. The molecule has 4 rings (SSSR count). The number of nitrogens with one attached hydrogen (secondary N) is 2. The quantitative estimate of drug-likeness (QED) is 0.446. The number of carbonyl (C=O) groups excluding carboxylic acids is 3. The lowest BCUT2D eigenvalue weighted by atomic mass is 9.90. The largest absolute Gasteiger partial charge is 0.465 e. The molecule has 8 heteroatoms. The van der Waals surface area contributed by atoms with Gasteiger partial charge >= 0.3 is 12.0 Å². The number of hydrogen-bond acceptors (Lipinski definition) is 5. The molecule has 0 bridgehead atoms. The Hall–Kier alpha value is -4.46. The molecule has 0 fully saturated rings. The third-order valence-corrected chi connectivity index (χ3v) is 5.65. The van der Waals surface area contributed by atoms with Crippen LogP contribution >= 0.6 is 0 Å². The van der Waals surface area contributed by atoms with Crippen LogP contribution in [-0.2, 0) is 9.53 Å². The van der Waals surface area contributed by atoms with Crippen molar-refractivity contribution in [2.45, 2.75) is 5.92 Å². The molecular formula is C26H24N4O4. The highest BCUT2D eigenvalue weighted by molar-refractivity contribution is 6.24. The second kappa shape index (κ2) is 9.58. The molecule has 1 aliphatic heterocycles. The third kappa shape index (κ3) is 4.38. The molecule has 172 valence electrons. The minimum absolute atomic E-state index is 0.226. The van der Waals surface area contributed by atoms with Crippen molar-refractivity contribution < 1.29 is 19.1 Å². The Bertz CT molecular complexity index is 1270. The van der Waals surface area contributed by atoms with E-state index in [4.69, 9.17) is 9.73 Å². The van der Waals surface area contributed by atoms with E-state index in [0.717, 1.165) is 11.1 Å². The smallest absolute Gasteiger partial charge is 0.337 e. The van der Waals surface area contributed by atoms with E-state index in [9.17, 15) is 14.4 Å². The van der Waals surface area contributed by atoms with Gasteiger partial charge in [-0.2, -0.15) is 0 Å². The fourth-order valence-electron chi connectivity index (χ4n) is 3.86. The summed E-state index contributed by atoms with van der Waals surface area (Å²) in [6.07, 6.45) is 0. The van der Waals surface area contributed by atoms with Crippen molar-refractivity contribution in [3.63, 3.8) is 0 Å². The van der Waals surface area contributed by atoms with Gasteiger partial charge in [-0.25, -0.2) is 9.59 Å². The Labute approximate surface area is 197 Å². The number of esters is 1. The Morgan fingerprint density at radius 1 is 1.00 bits per heavy atom. The van der Waals surface area contributed by atoms with Gasteiger partial charge in [0.1, 0.15) is 5.92 Å². The minimum Gasteiger partial charge on any atom is -0.465 e. The zero-order valence-electron chi connectivity index (χ0n) is 19.0. The maximum absolute atomic E-state index is 13.1. The summed E-state index contributed by atoms with van der Waals surface area (Å²) in [6.45, 7) is 0. The highest BCUT2D eigenvalue weighted by Crippen LogP contribution is 2.37. The van der Waals surface area contributed by atoms with E-state index in [0.29, 0.717) is 28.3 Å². The molecule has 0 aliphatic carbocycles. The van der Waals surface area contributed by atoms with E-state index in [1.54, 1.807) is 56.6 Å². The Morgan fingerprint density at radius 3 is 2.35 bits per heavy atom. The summed E-state index contributed by atoms with van der Waals surface area (Å²) >= 11 is 0. The molecule has 0 saturated carbocycles. The molecule has 8 nitrogen and oxygen atoms in total. The molecule has 1 atom stereocenters. The Morgan fingerprint density at radius 2 is 1.71 bits per heavy atom. The zero-order valence-corrected chi connectivity index (χ0v) is 19.0. The molecular weight excluding hydrogens is 432 g/mol. The number of aliphatic imine (C=N–C) groups is 1. The number of urea groups is 1. The van der Waals surface area contributed by atoms with Crippen LogP contribution in [-0.4, -0.2) is 44.8 Å². The number of nitrogens with zero attached hydrogens (tertiary/aromatic N) is 2. The van der Waals surface area contributed by atoms with Gasteiger partial charge in [-0.1, -0.05) is 36.4 Å². The van der Waals surface area contributed by atoms with Crippen LogP contribution in [0.15, 0.2) is 77.8 Å². The number of benzene rings is 3. The van der Waals surface area contributed by atoms with Gasteiger partial charge in [-0.05, 0) is 47.5 Å².